The van der Waals surface area contributed by atoms with Crippen molar-refractivity contribution in [3.8, 4) is 0 Å². The maximum atomic E-state index is 12.2. The summed E-state index contributed by atoms with van der Waals surface area (Å²) in [5, 5.41) is 7.18. The number of carbonyl (C=O) groups excluding carboxylic acids is 1. The number of nitrogens with two attached hydrogens (primary N) is 1. The van der Waals surface area contributed by atoms with Crippen LogP contribution in [-0.4, -0.2) is 22.4 Å². The zero-order valence-electron chi connectivity index (χ0n) is 12.4. The molecular formula is C14H24N4OS. The number of hydrogen-bond acceptors (Lipinski definition) is 5. The summed E-state index contributed by atoms with van der Waals surface area (Å²) in [4.78, 5) is 12.2. The quantitative estimate of drug-likeness (QED) is 0.798. The van der Waals surface area contributed by atoms with Crippen LogP contribution in [0.4, 0.5) is 10.8 Å². The first-order valence-corrected chi connectivity index (χ1v) is 8.09. The molecule has 112 valence electrons. The van der Waals surface area contributed by atoms with Crippen LogP contribution < -0.4 is 16.4 Å². The van der Waals surface area contributed by atoms with Crippen molar-refractivity contribution in [1.29, 1.82) is 0 Å². The average molecular weight is 296 g/mol. The van der Waals surface area contributed by atoms with Crippen molar-refractivity contribution in [2.75, 3.05) is 11.1 Å². The fourth-order valence-corrected chi connectivity index (χ4v) is 3.43. The average Bonchev–Trinajstić information content (AvgIpc) is 2.72. The Morgan fingerprint density at radius 3 is 2.75 bits per heavy atom. The number of aromatic nitrogens is 1. The molecule has 6 heteroatoms. The third-order valence-corrected chi connectivity index (χ3v) is 4.59. The topological polar surface area (TPSA) is 80.0 Å². The maximum Gasteiger partial charge on any atom is 0.258 e. The third-order valence-electron chi connectivity index (χ3n) is 3.79. The van der Waals surface area contributed by atoms with Gasteiger partial charge in [0.2, 0.25) is 0 Å². The molecule has 1 saturated carbocycles. The van der Waals surface area contributed by atoms with Crippen LogP contribution in [-0.2, 0) is 0 Å². The number of carbonyl (C=O) groups is 1. The highest BCUT2D eigenvalue weighted by molar-refractivity contribution is 7.11. The van der Waals surface area contributed by atoms with Gasteiger partial charge in [-0.15, -0.1) is 0 Å². The van der Waals surface area contributed by atoms with Gasteiger partial charge in [-0.3, -0.25) is 4.79 Å². The molecule has 1 aromatic heterocycles. The molecule has 1 fully saturated rings. The predicted octanol–water partition coefficient (Wildman–Crippen LogP) is 2.85. The monoisotopic (exact) mass is 296 g/mol. The minimum absolute atomic E-state index is 0.0863. The van der Waals surface area contributed by atoms with Crippen LogP contribution >= 0.6 is 11.5 Å². The van der Waals surface area contributed by atoms with E-state index < -0.39 is 0 Å². The van der Waals surface area contributed by atoms with Crippen LogP contribution in [0.5, 0.6) is 0 Å². The van der Waals surface area contributed by atoms with Crippen LogP contribution in [0.3, 0.4) is 0 Å². The Morgan fingerprint density at radius 1 is 1.40 bits per heavy atom. The summed E-state index contributed by atoms with van der Waals surface area (Å²) < 4.78 is 4.13. The van der Waals surface area contributed by atoms with E-state index in [1.165, 1.54) is 30.8 Å². The summed E-state index contributed by atoms with van der Waals surface area (Å²) in [6, 6.07) is 0.498. The zero-order valence-corrected chi connectivity index (χ0v) is 13.2. The highest BCUT2D eigenvalue weighted by atomic mass is 32.1. The van der Waals surface area contributed by atoms with E-state index in [9.17, 15) is 4.79 Å². The SMILES string of the molecule is CC(C)NC(=O)c1c(N)nsc1NC1CCCCC1C. The van der Waals surface area contributed by atoms with Gasteiger partial charge >= 0.3 is 0 Å². The third kappa shape index (κ3) is 3.42. The smallest absolute Gasteiger partial charge is 0.258 e. The molecule has 2 unspecified atom stereocenters. The van der Waals surface area contributed by atoms with E-state index in [-0.39, 0.29) is 11.9 Å². The lowest BCUT2D eigenvalue weighted by Crippen LogP contribution is -2.33. The van der Waals surface area contributed by atoms with Crippen molar-refractivity contribution in [2.45, 2.75) is 58.5 Å². The van der Waals surface area contributed by atoms with Gasteiger partial charge in [-0.05, 0) is 44.1 Å². The van der Waals surface area contributed by atoms with E-state index in [0.717, 1.165) is 11.4 Å². The molecule has 0 bridgehead atoms. The Labute approximate surface area is 124 Å². The molecule has 0 aromatic carbocycles. The number of anilines is 2. The summed E-state index contributed by atoms with van der Waals surface area (Å²) >= 11 is 1.28. The fraction of sp³-hybridized carbons (Fsp3) is 0.714. The summed E-state index contributed by atoms with van der Waals surface area (Å²) in [5.41, 5.74) is 6.36. The van der Waals surface area contributed by atoms with E-state index >= 15 is 0 Å². The van der Waals surface area contributed by atoms with Gasteiger partial charge in [0.15, 0.2) is 5.82 Å². The molecule has 4 N–H and O–H groups in total. The van der Waals surface area contributed by atoms with E-state index in [4.69, 9.17) is 5.73 Å². The van der Waals surface area contributed by atoms with Gasteiger partial charge in [-0.25, -0.2) is 0 Å². The van der Waals surface area contributed by atoms with Crippen molar-refractivity contribution in [2.24, 2.45) is 5.92 Å². The summed E-state index contributed by atoms with van der Waals surface area (Å²) in [6.07, 6.45) is 4.92. The van der Waals surface area contributed by atoms with Gasteiger partial charge in [0, 0.05) is 12.1 Å². The minimum Gasteiger partial charge on any atom is -0.382 e. The number of nitrogens with zero attached hydrogens (tertiary/aromatic N) is 1. The number of nitrogens with one attached hydrogen (secondary N) is 2. The van der Waals surface area contributed by atoms with Gasteiger partial charge in [0.05, 0.1) is 0 Å². The predicted molar refractivity (Wildman–Crippen MR) is 84.2 cm³/mol. The molecule has 1 aromatic rings. The maximum absolute atomic E-state index is 12.2. The van der Waals surface area contributed by atoms with Gasteiger partial charge in [0.1, 0.15) is 10.6 Å². The number of rotatable bonds is 4. The first kappa shape index (κ1) is 15.1. The molecule has 2 atom stereocenters. The van der Waals surface area contributed by atoms with Gasteiger partial charge in [-0.1, -0.05) is 19.8 Å². The van der Waals surface area contributed by atoms with Crippen molar-refractivity contribution in [1.82, 2.24) is 9.69 Å². The molecule has 2 rings (SSSR count). The summed E-state index contributed by atoms with van der Waals surface area (Å²) in [7, 11) is 0. The second-order valence-electron chi connectivity index (χ2n) is 5.91. The molecule has 0 spiro atoms. The first-order valence-electron chi connectivity index (χ1n) is 7.31. The number of hydrogen-bond donors (Lipinski definition) is 3. The van der Waals surface area contributed by atoms with Gasteiger partial charge < -0.3 is 16.4 Å². The Hall–Kier alpha value is -1.30. The van der Waals surface area contributed by atoms with Crippen LogP contribution in [0, 0.1) is 5.92 Å². The molecule has 5 nitrogen and oxygen atoms in total. The molecule has 1 heterocycles. The second-order valence-corrected chi connectivity index (χ2v) is 6.69. The summed E-state index contributed by atoms with van der Waals surface area (Å²) in [5.74, 6) is 0.796. The van der Waals surface area contributed by atoms with Crippen molar-refractivity contribution in [3.05, 3.63) is 5.56 Å². The minimum atomic E-state index is -0.141. The molecule has 0 aliphatic heterocycles. The lowest BCUT2D eigenvalue weighted by Gasteiger charge is -2.30. The zero-order chi connectivity index (χ0) is 14.7. The molecule has 0 radical (unpaired) electrons. The highest BCUT2D eigenvalue weighted by Gasteiger charge is 2.26. The number of nitrogen functional groups attached to an aromatic ring is 1. The van der Waals surface area contributed by atoms with Crippen LogP contribution in [0.2, 0.25) is 0 Å². The van der Waals surface area contributed by atoms with E-state index in [1.807, 2.05) is 13.8 Å². The van der Waals surface area contributed by atoms with Gasteiger partial charge in [-0.2, -0.15) is 4.37 Å². The largest absolute Gasteiger partial charge is 0.382 e. The van der Waals surface area contributed by atoms with Crippen molar-refractivity contribution in [3.63, 3.8) is 0 Å². The molecule has 1 aliphatic rings. The lowest BCUT2D eigenvalue weighted by molar-refractivity contribution is 0.0945. The van der Waals surface area contributed by atoms with Crippen molar-refractivity contribution < 1.29 is 4.79 Å². The number of amides is 1. The second kappa shape index (κ2) is 6.43. The Balaban J connectivity index is 2.14. The van der Waals surface area contributed by atoms with Crippen LogP contribution in [0.15, 0.2) is 0 Å². The summed E-state index contributed by atoms with van der Waals surface area (Å²) in [6.45, 7) is 6.13. The fourth-order valence-electron chi connectivity index (χ4n) is 2.65. The lowest BCUT2D eigenvalue weighted by atomic mass is 9.86. The Morgan fingerprint density at radius 2 is 2.10 bits per heavy atom. The van der Waals surface area contributed by atoms with E-state index in [0.29, 0.717) is 23.3 Å². The van der Waals surface area contributed by atoms with E-state index in [2.05, 4.69) is 21.9 Å². The van der Waals surface area contributed by atoms with Gasteiger partial charge in [0.25, 0.3) is 5.91 Å². The molecule has 1 amide bonds. The molecule has 20 heavy (non-hydrogen) atoms. The van der Waals surface area contributed by atoms with Crippen LogP contribution in [0.25, 0.3) is 0 Å². The normalized spacial score (nSPS) is 22.8. The Kier molecular flexibility index (Phi) is 4.86. The molecule has 1 aliphatic carbocycles. The molecule has 0 saturated heterocycles. The van der Waals surface area contributed by atoms with Crippen LogP contribution in [0.1, 0.15) is 56.8 Å². The standard InChI is InChI=1S/C14H24N4OS/c1-8(2)16-13(19)11-12(15)18-20-14(11)17-10-7-5-4-6-9(10)3/h8-10,17H,4-7H2,1-3H3,(H2,15,18)(H,16,19). The van der Waals surface area contributed by atoms with E-state index in [1.54, 1.807) is 0 Å². The highest BCUT2D eigenvalue weighted by Crippen LogP contribution is 2.32. The molecular weight excluding hydrogens is 272 g/mol. The van der Waals surface area contributed by atoms with Crippen molar-refractivity contribution >= 4 is 28.3 Å². The first-order chi connectivity index (χ1) is 9.49. The Bertz CT molecular complexity index is 472.